The molecule has 0 N–H and O–H groups in total. The van der Waals surface area contributed by atoms with Crippen LogP contribution >= 0.6 is 0 Å². The van der Waals surface area contributed by atoms with E-state index in [1.807, 2.05) is 61.5 Å². The van der Waals surface area contributed by atoms with Gasteiger partial charge in [-0.25, -0.2) is 24.0 Å². The number of ether oxygens (including phenoxy) is 7. The molecule has 0 saturated carbocycles. The molecule has 12 nitrogen and oxygen atoms in total. The summed E-state index contributed by atoms with van der Waals surface area (Å²) < 4.78 is 38.8. The summed E-state index contributed by atoms with van der Waals surface area (Å²) in [6, 6.07) is 25.4. The number of benzene rings is 4. The van der Waals surface area contributed by atoms with Crippen molar-refractivity contribution < 1.29 is 57.1 Å². The average molecular weight is 901 g/mol. The number of hydrogen-bond acceptors (Lipinski definition) is 12. The van der Waals surface area contributed by atoms with E-state index in [2.05, 4.69) is 19.7 Å². The second kappa shape index (κ2) is 26.5. The van der Waals surface area contributed by atoms with Gasteiger partial charge in [0.1, 0.15) is 23.0 Å². The number of unbranched alkanes of at least 4 members (excludes halogenated alkanes) is 3. The highest BCUT2D eigenvalue weighted by atomic mass is 16.6. The lowest BCUT2D eigenvalue weighted by molar-refractivity contribution is -0.144. The Morgan fingerprint density at radius 1 is 0.591 bits per heavy atom. The molecule has 0 saturated heterocycles. The number of hydrogen-bond donors (Lipinski definition) is 0. The molecule has 0 aliphatic heterocycles. The maximum Gasteiger partial charge on any atom is 0.343 e. The fourth-order valence-corrected chi connectivity index (χ4v) is 6.18. The molecular formula is C54H60O12. The first-order valence-electron chi connectivity index (χ1n) is 21.9. The van der Waals surface area contributed by atoms with E-state index in [1.165, 1.54) is 6.08 Å². The summed E-state index contributed by atoms with van der Waals surface area (Å²) in [6.45, 7) is 20.5. The Hall–Kier alpha value is -7.21. The van der Waals surface area contributed by atoms with Gasteiger partial charge in [-0.1, -0.05) is 63.1 Å². The number of aryl methyl sites for hydroxylation is 2. The van der Waals surface area contributed by atoms with Crippen LogP contribution in [0.1, 0.15) is 86.8 Å². The molecule has 0 fully saturated rings. The lowest BCUT2D eigenvalue weighted by Gasteiger charge is -2.18. The van der Waals surface area contributed by atoms with Gasteiger partial charge in [-0.3, -0.25) is 0 Å². The highest BCUT2D eigenvalue weighted by molar-refractivity contribution is 5.93. The summed E-state index contributed by atoms with van der Waals surface area (Å²) >= 11 is 0. The van der Waals surface area contributed by atoms with Crippen LogP contribution in [0.15, 0.2) is 127 Å². The van der Waals surface area contributed by atoms with E-state index < -0.39 is 23.9 Å². The van der Waals surface area contributed by atoms with Crippen LogP contribution in [0.4, 0.5) is 0 Å². The van der Waals surface area contributed by atoms with E-state index in [0.717, 1.165) is 47.9 Å². The molecular weight excluding hydrogens is 841 g/mol. The van der Waals surface area contributed by atoms with Crippen molar-refractivity contribution in [2.24, 2.45) is 5.92 Å². The van der Waals surface area contributed by atoms with E-state index in [0.29, 0.717) is 72.4 Å². The van der Waals surface area contributed by atoms with Crippen LogP contribution in [0.5, 0.6) is 23.0 Å². The summed E-state index contributed by atoms with van der Waals surface area (Å²) in [5.41, 5.74) is 5.53. The van der Waals surface area contributed by atoms with Gasteiger partial charge in [0.25, 0.3) is 0 Å². The van der Waals surface area contributed by atoms with Gasteiger partial charge in [-0.2, -0.15) is 0 Å². The van der Waals surface area contributed by atoms with Crippen molar-refractivity contribution in [3.05, 3.63) is 150 Å². The first-order valence-corrected chi connectivity index (χ1v) is 21.9. The van der Waals surface area contributed by atoms with Crippen LogP contribution in [0.3, 0.4) is 0 Å². The quantitative estimate of drug-likeness (QED) is 0.0194. The third-order valence-electron chi connectivity index (χ3n) is 10.0. The van der Waals surface area contributed by atoms with Crippen molar-refractivity contribution in [3.8, 4) is 34.1 Å². The number of esters is 5. The first-order chi connectivity index (χ1) is 31.6. The van der Waals surface area contributed by atoms with E-state index in [-0.39, 0.29) is 36.2 Å². The minimum atomic E-state index is -0.564. The summed E-state index contributed by atoms with van der Waals surface area (Å²) in [4.78, 5) is 61.2. The molecule has 4 aromatic rings. The topological polar surface area (TPSA) is 150 Å². The highest BCUT2D eigenvalue weighted by Crippen LogP contribution is 2.27. The first kappa shape index (κ1) is 51.4. The minimum Gasteiger partial charge on any atom is -0.494 e. The van der Waals surface area contributed by atoms with Gasteiger partial charge >= 0.3 is 29.8 Å². The maximum atomic E-state index is 13.2. The Kier molecular flexibility index (Phi) is 20.7. The van der Waals surface area contributed by atoms with Crippen molar-refractivity contribution in [3.63, 3.8) is 0 Å². The van der Waals surface area contributed by atoms with Crippen molar-refractivity contribution >= 4 is 35.9 Å². The third kappa shape index (κ3) is 17.4. The zero-order chi connectivity index (χ0) is 48.0. The van der Waals surface area contributed by atoms with Crippen LogP contribution in [0, 0.1) is 12.8 Å². The van der Waals surface area contributed by atoms with Crippen molar-refractivity contribution in [1.82, 2.24) is 0 Å². The van der Waals surface area contributed by atoms with Crippen LogP contribution in [-0.4, -0.2) is 62.9 Å². The normalized spacial score (nSPS) is 10.8. The summed E-state index contributed by atoms with van der Waals surface area (Å²) in [5, 5.41) is 0. The van der Waals surface area contributed by atoms with Crippen molar-refractivity contribution in [1.29, 1.82) is 0 Å². The fraction of sp³-hybridized carbons (Fsp3) is 0.315. The van der Waals surface area contributed by atoms with Crippen LogP contribution in [0.25, 0.3) is 17.2 Å². The summed E-state index contributed by atoms with van der Waals surface area (Å²) in [6.07, 6.45) is 7.56. The zero-order valence-electron chi connectivity index (χ0n) is 38.6. The number of carbonyl (C=O) groups is 5. The van der Waals surface area contributed by atoms with Crippen molar-refractivity contribution in [2.75, 3.05) is 33.0 Å². The standard InChI is InChI=1S/C54H60O12/c1-9-42-33-46(60-29-12-10-11-13-30-62-51(56)36(2)3)23-25-48(42)54(59)65-47-24-26-49(39(8)32-47)66-50(55)27-16-40-14-17-43(18-15-40)44-19-21-45(22-20-44)61-31-28-41(34-63-52(57)37(4)5)35-64-53(58)38(6)7/h14-27,32-33,41H,2,4,6,9-13,28-31,34-35H2,1,3,5,7-8H3/b27-16+. The molecule has 66 heavy (non-hydrogen) atoms. The van der Waals surface area contributed by atoms with Gasteiger partial charge < -0.3 is 33.2 Å². The Morgan fingerprint density at radius 2 is 1.14 bits per heavy atom. The lowest BCUT2D eigenvalue weighted by Crippen LogP contribution is -2.23. The molecule has 0 spiro atoms. The highest BCUT2D eigenvalue weighted by Gasteiger charge is 2.18. The molecule has 0 atom stereocenters. The predicted molar refractivity (Wildman–Crippen MR) is 253 cm³/mol. The monoisotopic (exact) mass is 900 g/mol. The molecule has 0 unspecified atom stereocenters. The van der Waals surface area contributed by atoms with E-state index in [9.17, 15) is 24.0 Å². The SMILES string of the molecule is C=C(C)C(=O)OCCCCCCOc1ccc(C(=O)Oc2ccc(OC(=O)/C=C/c3ccc(-c4ccc(OCCC(COC(=O)C(=C)C)COC(=O)C(=C)C)cc4)cc3)c(C)c2)c(CC)c1. The zero-order valence-corrected chi connectivity index (χ0v) is 38.6. The molecule has 4 rings (SSSR count). The van der Waals surface area contributed by atoms with Gasteiger partial charge in [0.15, 0.2) is 0 Å². The molecule has 0 radical (unpaired) electrons. The summed E-state index contributed by atoms with van der Waals surface area (Å²) in [5.74, 6) is -0.761. The predicted octanol–water partition coefficient (Wildman–Crippen LogP) is 10.7. The second-order valence-corrected chi connectivity index (χ2v) is 15.8. The molecule has 12 heteroatoms. The molecule has 0 aromatic heterocycles. The van der Waals surface area contributed by atoms with E-state index in [1.54, 1.807) is 64.1 Å². The Bertz CT molecular complexity index is 2340. The van der Waals surface area contributed by atoms with E-state index >= 15 is 0 Å². The number of rotatable bonds is 26. The molecule has 0 aliphatic rings. The van der Waals surface area contributed by atoms with Gasteiger partial charge in [0.2, 0.25) is 0 Å². The van der Waals surface area contributed by atoms with E-state index in [4.69, 9.17) is 33.2 Å². The Morgan fingerprint density at radius 3 is 1.73 bits per heavy atom. The molecule has 0 aliphatic carbocycles. The van der Waals surface area contributed by atoms with Gasteiger partial charge in [0, 0.05) is 28.7 Å². The smallest absolute Gasteiger partial charge is 0.343 e. The maximum absolute atomic E-state index is 13.2. The third-order valence-corrected chi connectivity index (χ3v) is 10.0. The Balaban J connectivity index is 1.22. The molecule has 348 valence electrons. The molecule has 0 amide bonds. The Labute approximate surface area is 387 Å². The average Bonchev–Trinajstić information content (AvgIpc) is 3.30. The fourth-order valence-electron chi connectivity index (χ4n) is 6.18. The van der Waals surface area contributed by atoms with Crippen LogP contribution in [-0.2, 0) is 39.8 Å². The minimum absolute atomic E-state index is 0.0531. The van der Waals surface area contributed by atoms with Gasteiger partial charge in [-0.05, 0) is 149 Å². The van der Waals surface area contributed by atoms with Gasteiger partial charge in [-0.15, -0.1) is 0 Å². The molecule has 0 bridgehead atoms. The van der Waals surface area contributed by atoms with Crippen molar-refractivity contribution in [2.45, 2.75) is 73.1 Å². The second-order valence-electron chi connectivity index (χ2n) is 15.8. The van der Waals surface area contributed by atoms with Gasteiger partial charge in [0.05, 0.1) is 38.6 Å². The number of carbonyl (C=O) groups excluding carboxylic acids is 5. The van der Waals surface area contributed by atoms with Crippen LogP contribution in [0.2, 0.25) is 0 Å². The molecule has 0 heterocycles. The summed E-state index contributed by atoms with van der Waals surface area (Å²) in [7, 11) is 0. The largest absolute Gasteiger partial charge is 0.494 e. The molecule has 4 aromatic carbocycles. The lowest BCUT2D eigenvalue weighted by atomic mass is 10.0. The van der Waals surface area contributed by atoms with Crippen LogP contribution < -0.4 is 18.9 Å².